The molecule has 0 atom stereocenters. The predicted molar refractivity (Wildman–Crippen MR) is 66.9 cm³/mol. The fourth-order valence-electron chi connectivity index (χ4n) is 2.15. The van der Waals surface area contributed by atoms with Gasteiger partial charge in [-0.15, -0.1) is 0 Å². The molecule has 1 saturated heterocycles. The summed E-state index contributed by atoms with van der Waals surface area (Å²) in [6.45, 7) is 0.418. The number of benzene rings is 1. The fraction of sp³-hybridized carbons (Fsp3) is 0.385. The summed E-state index contributed by atoms with van der Waals surface area (Å²) >= 11 is 0. The first kappa shape index (κ1) is 15.1. The van der Waals surface area contributed by atoms with E-state index in [-0.39, 0.29) is 26.2 Å². The van der Waals surface area contributed by atoms with Crippen LogP contribution in [0.3, 0.4) is 0 Å². The van der Waals surface area contributed by atoms with Gasteiger partial charge >= 0.3 is 6.09 Å². The zero-order chi connectivity index (χ0) is 15.6. The van der Waals surface area contributed by atoms with Gasteiger partial charge in [-0.3, -0.25) is 4.79 Å². The molecule has 0 spiro atoms. The Labute approximate surface area is 118 Å². The number of carbonyl (C=O) groups is 2. The molecule has 2 rings (SSSR count). The Morgan fingerprint density at radius 1 is 1.10 bits per heavy atom. The minimum atomic E-state index is -3.00. The Kier molecular flexibility index (Phi) is 4.35. The zero-order valence-electron chi connectivity index (χ0n) is 10.9. The zero-order valence-corrected chi connectivity index (χ0v) is 10.9. The molecule has 114 valence electrons. The molecule has 2 amide bonds. The number of piperazine rings is 1. The third-order valence-electron chi connectivity index (χ3n) is 3.33. The topological polar surface area (TPSA) is 60.9 Å². The van der Waals surface area contributed by atoms with Crippen LogP contribution in [0.1, 0.15) is 22.3 Å². The van der Waals surface area contributed by atoms with E-state index < -0.39 is 35.4 Å². The van der Waals surface area contributed by atoms with E-state index in [9.17, 15) is 22.8 Å². The van der Waals surface area contributed by atoms with Gasteiger partial charge in [0.2, 0.25) is 0 Å². The van der Waals surface area contributed by atoms with Crippen molar-refractivity contribution in [2.24, 2.45) is 0 Å². The normalized spacial score (nSPS) is 15.4. The van der Waals surface area contributed by atoms with Gasteiger partial charge in [0.25, 0.3) is 12.3 Å². The second-order valence-electron chi connectivity index (χ2n) is 4.57. The van der Waals surface area contributed by atoms with Crippen LogP contribution in [-0.4, -0.2) is 53.1 Å². The molecular weight excluding hydrogens is 289 g/mol. The maximum atomic E-state index is 13.9. The van der Waals surface area contributed by atoms with E-state index in [0.717, 1.165) is 17.0 Å². The average molecular weight is 302 g/mol. The number of nitrogens with zero attached hydrogens (tertiary/aromatic N) is 2. The molecule has 1 fully saturated rings. The molecule has 0 saturated carbocycles. The summed E-state index contributed by atoms with van der Waals surface area (Å²) in [5, 5.41) is 8.80. The Bertz CT molecular complexity index is 558. The highest BCUT2D eigenvalue weighted by atomic mass is 19.3. The smallest absolute Gasteiger partial charge is 0.407 e. The van der Waals surface area contributed by atoms with Crippen LogP contribution in [0.2, 0.25) is 0 Å². The quantitative estimate of drug-likeness (QED) is 0.911. The number of carboxylic acid groups (broad SMARTS) is 1. The van der Waals surface area contributed by atoms with Crippen LogP contribution in [0.4, 0.5) is 18.0 Å². The van der Waals surface area contributed by atoms with Gasteiger partial charge in [-0.1, -0.05) is 12.1 Å². The van der Waals surface area contributed by atoms with Crippen molar-refractivity contribution in [2.45, 2.75) is 6.43 Å². The van der Waals surface area contributed by atoms with Crippen molar-refractivity contribution in [3.8, 4) is 0 Å². The van der Waals surface area contributed by atoms with E-state index in [2.05, 4.69) is 0 Å². The number of amides is 2. The Balaban J connectivity index is 2.15. The lowest BCUT2D eigenvalue weighted by Gasteiger charge is -2.33. The molecule has 1 aromatic rings. The summed E-state index contributed by atoms with van der Waals surface area (Å²) < 4.78 is 39.1. The molecule has 1 heterocycles. The maximum Gasteiger partial charge on any atom is 0.407 e. The second-order valence-corrected chi connectivity index (χ2v) is 4.57. The van der Waals surface area contributed by atoms with Crippen molar-refractivity contribution >= 4 is 12.0 Å². The minimum absolute atomic E-state index is 0.101. The lowest BCUT2D eigenvalue weighted by atomic mass is 10.1. The van der Waals surface area contributed by atoms with Gasteiger partial charge < -0.3 is 14.9 Å². The van der Waals surface area contributed by atoms with E-state index in [4.69, 9.17) is 5.11 Å². The lowest BCUT2D eigenvalue weighted by molar-refractivity contribution is 0.0619. The molecule has 5 nitrogen and oxygen atoms in total. The number of rotatable bonds is 2. The molecule has 0 radical (unpaired) electrons. The van der Waals surface area contributed by atoms with Crippen molar-refractivity contribution < 1.29 is 27.9 Å². The van der Waals surface area contributed by atoms with E-state index >= 15 is 0 Å². The summed E-state index contributed by atoms with van der Waals surface area (Å²) in [4.78, 5) is 25.3. The fourth-order valence-corrected chi connectivity index (χ4v) is 2.15. The molecule has 1 N–H and O–H groups in total. The Hall–Kier alpha value is -2.25. The third-order valence-corrected chi connectivity index (χ3v) is 3.33. The summed E-state index contributed by atoms with van der Waals surface area (Å²) in [7, 11) is 0. The summed E-state index contributed by atoms with van der Waals surface area (Å²) in [5.41, 5.74) is -1.23. The molecule has 0 aliphatic carbocycles. The van der Waals surface area contributed by atoms with E-state index in [0.29, 0.717) is 0 Å². The van der Waals surface area contributed by atoms with Crippen LogP contribution >= 0.6 is 0 Å². The molecular formula is C13H13F3N2O3. The van der Waals surface area contributed by atoms with Crippen LogP contribution in [0, 0.1) is 5.82 Å². The highest BCUT2D eigenvalue weighted by Gasteiger charge is 2.27. The number of alkyl halides is 2. The predicted octanol–water partition coefficient (Wildman–Crippen LogP) is 2.20. The van der Waals surface area contributed by atoms with Gasteiger partial charge in [0.05, 0.1) is 11.1 Å². The van der Waals surface area contributed by atoms with Gasteiger partial charge in [0, 0.05) is 26.2 Å². The average Bonchev–Trinajstić information content (AvgIpc) is 2.46. The van der Waals surface area contributed by atoms with Crippen LogP contribution in [0.5, 0.6) is 0 Å². The van der Waals surface area contributed by atoms with Crippen LogP contribution in [-0.2, 0) is 0 Å². The first-order chi connectivity index (χ1) is 9.91. The van der Waals surface area contributed by atoms with Gasteiger partial charge in [-0.05, 0) is 6.07 Å². The molecule has 0 unspecified atom stereocenters. The largest absolute Gasteiger partial charge is 0.465 e. The number of halogens is 3. The third kappa shape index (κ3) is 3.09. The minimum Gasteiger partial charge on any atom is -0.465 e. The highest BCUT2D eigenvalue weighted by molar-refractivity contribution is 5.94. The molecule has 1 aromatic carbocycles. The van der Waals surface area contributed by atoms with Crippen molar-refractivity contribution in [3.05, 3.63) is 35.1 Å². The molecule has 21 heavy (non-hydrogen) atoms. The van der Waals surface area contributed by atoms with Crippen molar-refractivity contribution in [3.63, 3.8) is 0 Å². The summed E-state index contributed by atoms with van der Waals surface area (Å²) in [6, 6.07) is 3.28. The molecule has 0 bridgehead atoms. The highest BCUT2D eigenvalue weighted by Crippen LogP contribution is 2.25. The number of hydrogen-bond donors (Lipinski definition) is 1. The standard InChI is InChI=1S/C13H13F3N2O3/c14-10-8(11(15)16)2-1-3-9(10)12(19)17-4-6-18(7-5-17)13(20)21/h1-3,11H,4-7H2,(H,20,21). The van der Waals surface area contributed by atoms with Crippen LogP contribution in [0.15, 0.2) is 18.2 Å². The van der Waals surface area contributed by atoms with Crippen LogP contribution in [0.25, 0.3) is 0 Å². The van der Waals surface area contributed by atoms with E-state index in [1.54, 1.807) is 0 Å². The maximum absolute atomic E-state index is 13.9. The summed E-state index contributed by atoms with van der Waals surface area (Å²) in [6.07, 6.45) is -4.09. The molecule has 1 aliphatic rings. The van der Waals surface area contributed by atoms with Gasteiger partial charge in [-0.2, -0.15) is 0 Å². The van der Waals surface area contributed by atoms with Gasteiger partial charge in [-0.25, -0.2) is 18.0 Å². The Morgan fingerprint density at radius 2 is 1.67 bits per heavy atom. The lowest BCUT2D eigenvalue weighted by Crippen LogP contribution is -2.50. The first-order valence-corrected chi connectivity index (χ1v) is 6.25. The van der Waals surface area contributed by atoms with Crippen molar-refractivity contribution in [2.75, 3.05) is 26.2 Å². The summed E-state index contributed by atoms with van der Waals surface area (Å²) in [5.74, 6) is -1.93. The van der Waals surface area contributed by atoms with Crippen molar-refractivity contribution in [1.82, 2.24) is 9.80 Å². The molecule has 8 heteroatoms. The number of hydrogen-bond acceptors (Lipinski definition) is 2. The first-order valence-electron chi connectivity index (χ1n) is 6.25. The van der Waals surface area contributed by atoms with Crippen LogP contribution < -0.4 is 0 Å². The molecule has 0 aromatic heterocycles. The SMILES string of the molecule is O=C(O)N1CCN(C(=O)c2cccc(C(F)F)c2F)CC1. The number of carbonyl (C=O) groups excluding carboxylic acids is 1. The monoisotopic (exact) mass is 302 g/mol. The second kappa shape index (κ2) is 6.02. The van der Waals surface area contributed by atoms with Gasteiger partial charge in [0.15, 0.2) is 0 Å². The van der Waals surface area contributed by atoms with E-state index in [1.165, 1.54) is 11.0 Å². The molecule has 1 aliphatic heterocycles. The van der Waals surface area contributed by atoms with Crippen molar-refractivity contribution in [1.29, 1.82) is 0 Å². The Morgan fingerprint density at radius 3 is 2.19 bits per heavy atom. The van der Waals surface area contributed by atoms with Gasteiger partial charge in [0.1, 0.15) is 5.82 Å². The van der Waals surface area contributed by atoms with E-state index in [1.807, 2.05) is 0 Å².